The number of nitrogens with one attached hydrogen (secondary N) is 3. The molecule has 5 amide bonds. The van der Waals surface area contributed by atoms with E-state index in [1.54, 1.807) is 7.05 Å². The normalized spacial score (nSPS) is 19.5. The molecule has 0 saturated carbocycles. The molecule has 0 unspecified atom stereocenters. The molecule has 3 heterocycles. The monoisotopic (exact) mass is 825 g/mol. The zero-order valence-corrected chi connectivity index (χ0v) is 32.4. The summed E-state index contributed by atoms with van der Waals surface area (Å²) in [5.74, 6) is -3.06. The molecule has 15 nitrogen and oxygen atoms in total. The topological polar surface area (TPSA) is 217 Å². The van der Waals surface area contributed by atoms with Crippen LogP contribution in [0.25, 0.3) is 10.2 Å². The first-order valence-electron chi connectivity index (χ1n) is 18.2. The molecule has 6 rings (SSSR count). The number of halogens is 2. The highest BCUT2D eigenvalue weighted by Gasteiger charge is 2.45. The predicted molar refractivity (Wildman–Crippen MR) is 206 cm³/mol. The number of likely N-dealkylation sites (N-methyl/N-ethyl adjacent to an activating group) is 1. The maximum absolute atomic E-state index is 14.4. The molecular weight excluding hydrogens is 783 g/mol. The molecule has 4 aromatic rings. The Labute approximate surface area is 331 Å². The second-order valence-electron chi connectivity index (χ2n) is 14.0. The number of carbonyl (C=O) groups is 5. The maximum atomic E-state index is 14.4. The van der Waals surface area contributed by atoms with Crippen molar-refractivity contribution in [2.24, 2.45) is 5.73 Å². The van der Waals surface area contributed by atoms with Crippen molar-refractivity contribution < 1.29 is 47.1 Å². The first-order chi connectivity index (χ1) is 27.2. The summed E-state index contributed by atoms with van der Waals surface area (Å²) in [7, 11) is -1.56. The molecule has 2 saturated heterocycles. The Balaban J connectivity index is 1.19. The fourth-order valence-corrected chi connectivity index (χ4v) is 8.35. The van der Waals surface area contributed by atoms with E-state index in [4.69, 9.17) is 15.5 Å². The smallest absolute Gasteiger partial charge is 0.370 e. The highest BCUT2D eigenvalue weighted by molar-refractivity contribution is 7.39. The third kappa shape index (κ3) is 10.1. The molecular formula is C38H42F2N7O8PS. The van der Waals surface area contributed by atoms with Crippen LogP contribution in [0.5, 0.6) is 0 Å². The second-order valence-corrected chi connectivity index (χ2v) is 15.7. The van der Waals surface area contributed by atoms with Gasteiger partial charge in [0.1, 0.15) is 18.1 Å². The van der Waals surface area contributed by atoms with E-state index in [0.717, 1.165) is 34.6 Å². The van der Waals surface area contributed by atoms with E-state index < -0.39 is 74.0 Å². The third-order valence-corrected chi connectivity index (χ3v) is 11.4. The lowest BCUT2D eigenvalue weighted by Gasteiger charge is -2.37. The maximum Gasteiger partial charge on any atom is 0.389 e. The Morgan fingerprint density at radius 1 is 1.00 bits per heavy atom. The molecule has 2 fully saturated rings. The van der Waals surface area contributed by atoms with Gasteiger partial charge in [-0.1, -0.05) is 60.7 Å². The minimum Gasteiger partial charge on any atom is -0.370 e. The summed E-state index contributed by atoms with van der Waals surface area (Å²) >= 11 is 0.904. The number of amides is 5. The Kier molecular flexibility index (Phi) is 13.2. The summed E-state index contributed by atoms with van der Waals surface area (Å²) in [5.41, 5.74) is 6.37. The number of nitrogens with two attached hydrogens (primary N) is 1. The van der Waals surface area contributed by atoms with Crippen molar-refractivity contribution in [2.45, 2.75) is 68.4 Å². The van der Waals surface area contributed by atoms with Crippen molar-refractivity contribution in [3.63, 3.8) is 0 Å². The molecule has 57 heavy (non-hydrogen) atoms. The summed E-state index contributed by atoms with van der Waals surface area (Å²) in [6, 6.07) is 17.6. The summed E-state index contributed by atoms with van der Waals surface area (Å²) in [6.45, 7) is 0.638. The number of hydrogen-bond donors (Lipinski definition) is 6. The van der Waals surface area contributed by atoms with Crippen LogP contribution in [-0.4, -0.2) is 98.4 Å². The lowest BCUT2D eigenvalue weighted by Crippen LogP contribution is -2.61. The zero-order valence-electron chi connectivity index (χ0n) is 30.7. The second kappa shape index (κ2) is 18.1. The fraction of sp³-hybridized carbons (Fsp3) is 0.368. The van der Waals surface area contributed by atoms with Crippen molar-refractivity contribution in [3.05, 3.63) is 101 Å². The number of fused-ring (bicyclic) bond motifs is 2. The molecule has 0 bridgehead atoms. The number of primary amides is 1. The molecule has 7 N–H and O–H groups in total. The number of aromatic nitrogens is 1. The quantitative estimate of drug-likeness (QED) is 0.102. The Morgan fingerprint density at radius 3 is 2.30 bits per heavy atom. The summed E-state index contributed by atoms with van der Waals surface area (Å²) in [5, 5.41) is 8.43. The number of rotatable bonds is 14. The molecule has 2 aliphatic rings. The minimum atomic E-state index is -4.03. The van der Waals surface area contributed by atoms with E-state index in [2.05, 4.69) is 25.5 Å². The van der Waals surface area contributed by atoms with Crippen LogP contribution in [0.1, 0.15) is 64.6 Å². The van der Waals surface area contributed by atoms with Gasteiger partial charge in [0.15, 0.2) is 5.01 Å². The highest BCUT2D eigenvalue weighted by atomic mass is 32.1. The van der Waals surface area contributed by atoms with Crippen LogP contribution in [-0.2, 0) is 29.8 Å². The Hall–Kier alpha value is -4.97. The predicted octanol–water partition coefficient (Wildman–Crippen LogP) is 3.02. The zero-order chi connectivity index (χ0) is 40.9. The van der Waals surface area contributed by atoms with Crippen LogP contribution >= 0.6 is 19.9 Å². The van der Waals surface area contributed by atoms with Crippen LogP contribution in [0.4, 0.5) is 8.78 Å². The van der Waals surface area contributed by atoms with E-state index in [1.165, 1.54) is 11.0 Å². The van der Waals surface area contributed by atoms with Gasteiger partial charge in [-0.25, -0.2) is 9.51 Å². The van der Waals surface area contributed by atoms with Crippen LogP contribution in [0.2, 0.25) is 0 Å². The lowest BCUT2D eigenvalue weighted by atomic mass is 9.98. The number of hydrogen-bond acceptors (Lipinski definition) is 11. The van der Waals surface area contributed by atoms with E-state index in [1.807, 2.05) is 65.6 Å². The van der Waals surface area contributed by atoms with Gasteiger partial charge in [-0.2, -0.15) is 8.78 Å². The number of carbonyl (C=O) groups excluding carboxylic acids is 5. The van der Waals surface area contributed by atoms with Gasteiger partial charge in [-0.3, -0.25) is 24.0 Å². The average molecular weight is 826 g/mol. The van der Waals surface area contributed by atoms with Gasteiger partial charge in [-0.05, 0) is 68.6 Å². The largest absolute Gasteiger partial charge is 0.389 e. The number of benzene rings is 3. The van der Waals surface area contributed by atoms with Gasteiger partial charge in [0, 0.05) is 19.0 Å². The van der Waals surface area contributed by atoms with Crippen molar-refractivity contribution in [3.8, 4) is 0 Å². The van der Waals surface area contributed by atoms with Crippen LogP contribution in [0, 0.1) is 0 Å². The summed E-state index contributed by atoms with van der Waals surface area (Å²) in [6.07, 6.45) is -2.98. The summed E-state index contributed by atoms with van der Waals surface area (Å²) < 4.78 is 33.1. The van der Waals surface area contributed by atoms with E-state index in [-0.39, 0.29) is 42.4 Å². The molecule has 1 aromatic heterocycles. The molecule has 4 atom stereocenters. The first-order valence-corrected chi connectivity index (χ1v) is 20.1. The number of thiazole rings is 1. The molecule has 0 radical (unpaired) electrons. The van der Waals surface area contributed by atoms with Gasteiger partial charge in [0.2, 0.25) is 23.6 Å². The Bertz CT molecular complexity index is 2060. The van der Waals surface area contributed by atoms with Crippen LogP contribution in [0.15, 0.2) is 78.9 Å². The van der Waals surface area contributed by atoms with Crippen LogP contribution < -0.4 is 21.7 Å². The van der Waals surface area contributed by atoms with Gasteiger partial charge in [0.25, 0.3) is 5.91 Å². The molecule has 302 valence electrons. The van der Waals surface area contributed by atoms with Gasteiger partial charge < -0.3 is 41.3 Å². The molecule has 2 aliphatic heterocycles. The number of alkyl halides is 2. The van der Waals surface area contributed by atoms with E-state index >= 15 is 0 Å². The molecule has 0 spiro atoms. The van der Waals surface area contributed by atoms with Gasteiger partial charge in [-0.15, -0.1) is 11.3 Å². The molecule has 19 heteroatoms. The number of nitrogens with zero attached hydrogens (tertiary/aromatic N) is 3. The van der Waals surface area contributed by atoms with Crippen molar-refractivity contribution in [1.29, 1.82) is 0 Å². The molecule has 0 aliphatic carbocycles. The third-order valence-electron chi connectivity index (χ3n) is 9.98. The Morgan fingerprint density at radius 2 is 1.67 bits per heavy atom. The van der Waals surface area contributed by atoms with Crippen LogP contribution in [0.3, 0.4) is 0 Å². The van der Waals surface area contributed by atoms with E-state index in [0.29, 0.717) is 24.1 Å². The van der Waals surface area contributed by atoms with Crippen molar-refractivity contribution >= 4 is 59.7 Å². The SMILES string of the molecule is CN1CC[C@H]2CC[C@@H](C(=O)N[C@@H](CCC(N)=O)C(=O)NC(c3ccccc3)c3ccccc3)N2C(=O)[C@@H](NC(=O)c2nc3cc(C(F)(F)OP(O)O)ccc3s2)C1. The lowest BCUT2D eigenvalue weighted by molar-refractivity contribution is -0.189. The van der Waals surface area contributed by atoms with Crippen molar-refractivity contribution in [2.75, 3.05) is 20.1 Å². The van der Waals surface area contributed by atoms with Gasteiger partial charge in [0.05, 0.1) is 21.8 Å². The average Bonchev–Trinajstić information content (AvgIpc) is 3.81. The first kappa shape index (κ1) is 41.7. The molecule has 3 aromatic carbocycles. The highest BCUT2D eigenvalue weighted by Crippen LogP contribution is 2.42. The summed E-state index contributed by atoms with van der Waals surface area (Å²) in [4.78, 5) is 93.2. The minimum absolute atomic E-state index is 0.0253. The van der Waals surface area contributed by atoms with Crippen molar-refractivity contribution in [1.82, 2.24) is 30.7 Å². The van der Waals surface area contributed by atoms with Gasteiger partial charge >= 0.3 is 14.7 Å². The standard InChI is InChI=1S/C38H42F2N7O8PS/c1-46-19-18-25-13-15-29(34(50)42-26(14-17-31(41)48)33(49)45-32(22-8-4-2-5-9-22)23-10-6-3-7-11-23)47(25)37(52)28(21-46)43-35(51)36-44-27-20-24(12-16-30(27)57-36)38(39,40)55-56(53)54/h2-12,16,20,25-26,28-29,32,53-54H,13-15,17-19,21H2,1H3,(H2,41,48)(H,42,50)(H,43,51)(H,45,49)/t25-,26+,28+,29+/m1/s1. The fourth-order valence-electron chi connectivity index (χ4n) is 7.19. The van der Waals surface area contributed by atoms with E-state index in [9.17, 15) is 32.8 Å².